The molecule has 0 aromatic heterocycles. The highest BCUT2D eigenvalue weighted by Crippen LogP contribution is 2.34. The molecule has 0 saturated heterocycles. The molecule has 1 aromatic carbocycles. The highest BCUT2D eigenvalue weighted by molar-refractivity contribution is 6.34. The average molecular weight is 284 g/mol. The van der Waals surface area contributed by atoms with Crippen LogP contribution in [0.25, 0.3) is 0 Å². The molecule has 2 rings (SSSR count). The van der Waals surface area contributed by atoms with Gasteiger partial charge in [0.25, 0.3) is 5.91 Å². The monoisotopic (exact) mass is 283 g/mol. The van der Waals surface area contributed by atoms with E-state index in [2.05, 4.69) is 5.32 Å². The smallest absolute Gasteiger partial charge is 0.303 e. The number of ether oxygens (including phenoxy) is 1. The third-order valence-electron chi connectivity index (χ3n) is 2.57. The van der Waals surface area contributed by atoms with Gasteiger partial charge in [0, 0.05) is 12.0 Å². The van der Waals surface area contributed by atoms with Crippen LogP contribution in [-0.4, -0.2) is 29.4 Å². The first kappa shape index (κ1) is 13.4. The Kier molecular flexibility index (Phi) is 3.71. The summed E-state index contributed by atoms with van der Waals surface area (Å²) in [5.74, 6) is -1.38. The summed E-state index contributed by atoms with van der Waals surface area (Å²) in [6.07, 6.45) is -0.399. The number of hydrogen-bond donors (Lipinski definition) is 2. The molecular formula is C12H10ClNO5. The van der Waals surface area contributed by atoms with E-state index in [1.807, 2.05) is 0 Å². The van der Waals surface area contributed by atoms with Crippen LogP contribution in [0.1, 0.15) is 23.2 Å². The van der Waals surface area contributed by atoms with E-state index in [9.17, 15) is 14.4 Å². The van der Waals surface area contributed by atoms with Crippen molar-refractivity contribution in [2.24, 2.45) is 0 Å². The molecule has 1 heterocycles. The van der Waals surface area contributed by atoms with E-state index in [4.69, 9.17) is 21.4 Å². The van der Waals surface area contributed by atoms with Crippen molar-refractivity contribution in [1.29, 1.82) is 0 Å². The number of Topliss-reactive ketones (excluding diaryl/α,β-unsaturated/α-hetero) is 1. The van der Waals surface area contributed by atoms with E-state index in [1.54, 1.807) is 0 Å². The minimum Gasteiger partial charge on any atom is -0.482 e. The van der Waals surface area contributed by atoms with Crippen LogP contribution in [0.2, 0.25) is 5.02 Å². The first-order chi connectivity index (χ1) is 8.97. The molecule has 0 atom stereocenters. The quantitative estimate of drug-likeness (QED) is 0.821. The van der Waals surface area contributed by atoms with Crippen LogP contribution in [0.4, 0.5) is 5.69 Å². The number of hydrogen-bond acceptors (Lipinski definition) is 4. The lowest BCUT2D eigenvalue weighted by Gasteiger charge is -2.19. The summed E-state index contributed by atoms with van der Waals surface area (Å²) >= 11 is 5.94. The van der Waals surface area contributed by atoms with Crippen LogP contribution >= 0.6 is 11.6 Å². The van der Waals surface area contributed by atoms with Gasteiger partial charge in [0.15, 0.2) is 12.4 Å². The molecule has 0 spiro atoms. The fourth-order valence-corrected chi connectivity index (χ4v) is 1.94. The van der Waals surface area contributed by atoms with Gasteiger partial charge in [-0.3, -0.25) is 14.4 Å². The summed E-state index contributed by atoms with van der Waals surface area (Å²) in [6.45, 7) is -0.128. The number of fused-ring (bicyclic) bond motifs is 1. The molecular weight excluding hydrogens is 274 g/mol. The molecule has 0 aliphatic carbocycles. The topological polar surface area (TPSA) is 92.7 Å². The number of carbonyl (C=O) groups is 3. The maximum absolute atomic E-state index is 11.8. The van der Waals surface area contributed by atoms with Crippen molar-refractivity contribution in [2.45, 2.75) is 12.8 Å². The van der Waals surface area contributed by atoms with Gasteiger partial charge in [-0.15, -0.1) is 0 Å². The Bertz CT molecular complexity index is 569. The number of carboxylic acid groups (broad SMARTS) is 1. The van der Waals surface area contributed by atoms with Crippen molar-refractivity contribution in [3.63, 3.8) is 0 Å². The zero-order valence-electron chi connectivity index (χ0n) is 9.73. The molecule has 0 radical (unpaired) electrons. The minimum atomic E-state index is -1.05. The van der Waals surface area contributed by atoms with E-state index in [0.29, 0.717) is 11.4 Å². The van der Waals surface area contributed by atoms with E-state index < -0.39 is 5.97 Å². The Morgan fingerprint density at radius 1 is 1.37 bits per heavy atom. The lowest BCUT2D eigenvalue weighted by molar-refractivity contribution is -0.137. The Morgan fingerprint density at radius 2 is 2.11 bits per heavy atom. The van der Waals surface area contributed by atoms with E-state index in [0.717, 1.165) is 0 Å². The van der Waals surface area contributed by atoms with Crippen molar-refractivity contribution in [1.82, 2.24) is 0 Å². The van der Waals surface area contributed by atoms with Crippen LogP contribution in [-0.2, 0) is 9.59 Å². The Hall–Kier alpha value is -2.08. The molecule has 0 unspecified atom stereocenters. The summed E-state index contributed by atoms with van der Waals surface area (Å²) in [6, 6.07) is 2.84. The Morgan fingerprint density at radius 3 is 2.79 bits per heavy atom. The van der Waals surface area contributed by atoms with Gasteiger partial charge < -0.3 is 15.2 Å². The van der Waals surface area contributed by atoms with Gasteiger partial charge in [0.2, 0.25) is 0 Å². The normalized spacial score (nSPS) is 13.2. The van der Waals surface area contributed by atoms with Crippen LogP contribution in [0.15, 0.2) is 12.1 Å². The maximum atomic E-state index is 11.8. The van der Waals surface area contributed by atoms with Crippen LogP contribution in [0.5, 0.6) is 5.75 Å². The van der Waals surface area contributed by atoms with Crippen molar-refractivity contribution >= 4 is 34.9 Å². The van der Waals surface area contributed by atoms with Gasteiger partial charge in [-0.25, -0.2) is 0 Å². The molecule has 19 heavy (non-hydrogen) atoms. The molecule has 2 N–H and O–H groups in total. The summed E-state index contributed by atoms with van der Waals surface area (Å²) in [4.78, 5) is 33.4. The van der Waals surface area contributed by atoms with Crippen molar-refractivity contribution < 1.29 is 24.2 Å². The van der Waals surface area contributed by atoms with Crippen LogP contribution in [0, 0.1) is 0 Å². The zero-order valence-corrected chi connectivity index (χ0v) is 10.5. The molecule has 0 bridgehead atoms. The van der Waals surface area contributed by atoms with Crippen LogP contribution < -0.4 is 10.1 Å². The number of nitrogens with one attached hydrogen (secondary N) is 1. The second kappa shape index (κ2) is 5.27. The number of anilines is 1. The van der Waals surface area contributed by atoms with Gasteiger partial charge in [0.05, 0.1) is 17.1 Å². The standard InChI is InChI=1S/C12H10ClNO5/c13-7-4-8-10(19-5-11(16)14-8)3-6(7)9(15)1-2-12(17)18/h3-4H,1-2,5H2,(H,14,16)(H,17,18). The second-order valence-corrected chi connectivity index (χ2v) is 4.39. The van der Waals surface area contributed by atoms with Gasteiger partial charge in [-0.2, -0.15) is 0 Å². The molecule has 6 nitrogen and oxygen atoms in total. The number of carboxylic acids is 1. The van der Waals surface area contributed by atoms with E-state index in [1.165, 1.54) is 12.1 Å². The van der Waals surface area contributed by atoms with Crippen molar-refractivity contribution in [3.8, 4) is 5.75 Å². The summed E-state index contributed by atoms with van der Waals surface area (Å²) in [5, 5.41) is 11.3. The predicted octanol–water partition coefficient (Wildman–Crippen LogP) is 1.72. The summed E-state index contributed by atoms with van der Waals surface area (Å²) in [7, 11) is 0. The van der Waals surface area contributed by atoms with Crippen molar-refractivity contribution in [2.75, 3.05) is 11.9 Å². The fourth-order valence-electron chi connectivity index (χ4n) is 1.67. The number of halogens is 1. The number of aliphatic carboxylic acids is 1. The highest BCUT2D eigenvalue weighted by Gasteiger charge is 2.21. The van der Waals surface area contributed by atoms with Gasteiger partial charge in [-0.05, 0) is 12.1 Å². The predicted molar refractivity (Wildman–Crippen MR) is 66.8 cm³/mol. The van der Waals surface area contributed by atoms with E-state index in [-0.39, 0.29) is 41.7 Å². The number of rotatable bonds is 4. The van der Waals surface area contributed by atoms with Gasteiger partial charge in [0.1, 0.15) is 5.75 Å². The molecule has 1 aromatic rings. The largest absolute Gasteiger partial charge is 0.482 e. The molecule has 1 amide bonds. The Balaban J connectivity index is 2.25. The van der Waals surface area contributed by atoms with Gasteiger partial charge >= 0.3 is 5.97 Å². The molecule has 0 saturated carbocycles. The summed E-state index contributed by atoms with van der Waals surface area (Å²) < 4.78 is 5.17. The SMILES string of the molecule is O=C(O)CCC(=O)c1cc2c(cc1Cl)NC(=O)CO2. The zero-order chi connectivity index (χ0) is 14.0. The Labute approximate surface area is 113 Å². The van der Waals surface area contributed by atoms with Gasteiger partial charge in [-0.1, -0.05) is 11.6 Å². The number of amides is 1. The first-order valence-corrected chi connectivity index (χ1v) is 5.86. The molecule has 0 fully saturated rings. The average Bonchev–Trinajstić information content (AvgIpc) is 2.35. The lowest BCUT2D eigenvalue weighted by atomic mass is 10.0. The second-order valence-electron chi connectivity index (χ2n) is 3.98. The minimum absolute atomic E-state index is 0.128. The molecule has 1 aliphatic heterocycles. The fraction of sp³-hybridized carbons (Fsp3) is 0.250. The molecule has 100 valence electrons. The number of carbonyl (C=O) groups excluding carboxylic acids is 2. The highest BCUT2D eigenvalue weighted by atomic mass is 35.5. The molecule has 7 heteroatoms. The van der Waals surface area contributed by atoms with Crippen molar-refractivity contribution in [3.05, 3.63) is 22.7 Å². The maximum Gasteiger partial charge on any atom is 0.303 e. The molecule has 1 aliphatic rings. The third-order valence-corrected chi connectivity index (χ3v) is 2.88. The third kappa shape index (κ3) is 3.03. The lowest BCUT2D eigenvalue weighted by Crippen LogP contribution is -2.25. The van der Waals surface area contributed by atoms with Crippen LogP contribution in [0.3, 0.4) is 0 Å². The first-order valence-electron chi connectivity index (χ1n) is 5.48. The number of ketones is 1. The number of benzene rings is 1. The van der Waals surface area contributed by atoms with E-state index >= 15 is 0 Å². The summed E-state index contributed by atoms with van der Waals surface area (Å²) in [5.41, 5.74) is 0.592.